The van der Waals surface area contributed by atoms with Crippen LogP contribution in [-0.4, -0.2) is 14.7 Å². The molecule has 1 N–H and O–H groups in total. The van der Waals surface area contributed by atoms with Gasteiger partial charge in [0.05, 0.1) is 12.7 Å². The summed E-state index contributed by atoms with van der Waals surface area (Å²) >= 11 is 0. The van der Waals surface area contributed by atoms with Gasteiger partial charge in [-0.1, -0.05) is 0 Å². The third kappa shape index (κ3) is 2.45. The molecule has 0 atom stereocenters. The Morgan fingerprint density at radius 1 is 1.41 bits per heavy atom. The molecule has 0 aliphatic rings. The second-order valence-electron chi connectivity index (χ2n) is 4.00. The van der Waals surface area contributed by atoms with Crippen LogP contribution >= 0.6 is 0 Å². The second-order valence-corrected chi connectivity index (χ2v) is 4.00. The molecule has 0 radical (unpaired) electrons. The first-order chi connectivity index (χ1) is 8.36. The molecule has 0 saturated heterocycles. The smallest absolute Gasteiger partial charge is 0.140 e. The number of nitriles is 1. The number of aliphatic hydroxyl groups is 1. The first-order valence-corrected chi connectivity index (χ1v) is 5.77. The van der Waals surface area contributed by atoms with E-state index in [0.29, 0.717) is 6.42 Å². The van der Waals surface area contributed by atoms with Gasteiger partial charge in [-0.25, -0.2) is 4.98 Å². The number of aryl methyl sites for hydroxylation is 1. The minimum Gasteiger partial charge on any atom is -0.392 e. The standard InChI is InChI=1S/C13H15N3O/c14-6-2-1-3-8-16-9-11(10-17)12-5-4-7-15-13(12)16/h4-5,7,9,17H,1-3,8,10H2. The first-order valence-electron chi connectivity index (χ1n) is 5.77. The molecule has 0 unspecified atom stereocenters. The van der Waals surface area contributed by atoms with Crippen molar-refractivity contribution in [3.8, 4) is 6.07 Å². The topological polar surface area (TPSA) is 61.8 Å². The SMILES string of the molecule is N#CCCCCn1cc(CO)c2cccnc21. The maximum absolute atomic E-state index is 9.27. The molecule has 0 spiro atoms. The maximum Gasteiger partial charge on any atom is 0.140 e. The zero-order valence-electron chi connectivity index (χ0n) is 9.63. The van der Waals surface area contributed by atoms with E-state index >= 15 is 0 Å². The monoisotopic (exact) mass is 229 g/mol. The summed E-state index contributed by atoms with van der Waals surface area (Å²) in [6.45, 7) is 0.878. The zero-order chi connectivity index (χ0) is 12.1. The molecule has 2 aromatic heterocycles. The normalized spacial score (nSPS) is 10.6. The predicted octanol–water partition coefficient (Wildman–Crippen LogP) is 2.22. The van der Waals surface area contributed by atoms with Crippen LogP contribution in [0.4, 0.5) is 0 Å². The van der Waals surface area contributed by atoms with Crippen molar-refractivity contribution in [2.75, 3.05) is 0 Å². The lowest BCUT2D eigenvalue weighted by molar-refractivity contribution is 0.283. The Balaban J connectivity index is 2.19. The van der Waals surface area contributed by atoms with Gasteiger partial charge in [-0.3, -0.25) is 0 Å². The van der Waals surface area contributed by atoms with Crippen molar-refractivity contribution in [1.29, 1.82) is 5.26 Å². The van der Waals surface area contributed by atoms with Crippen LogP contribution in [0.5, 0.6) is 0 Å². The molecule has 0 bridgehead atoms. The number of nitrogens with zero attached hydrogens (tertiary/aromatic N) is 3. The lowest BCUT2D eigenvalue weighted by atomic mass is 10.2. The zero-order valence-corrected chi connectivity index (χ0v) is 9.63. The highest BCUT2D eigenvalue weighted by molar-refractivity contribution is 5.80. The average molecular weight is 229 g/mol. The number of aromatic nitrogens is 2. The van der Waals surface area contributed by atoms with Gasteiger partial charge in [0, 0.05) is 36.3 Å². The summed E-state index contributed by atoms with van der Waals surface area (Å²) in [5, 5.41) is 18.8. The molecule has 0 aliphatic carbocycles. The molecule has 4 heteroatoms. The van der Waals surface area contributed by atoms with Crippen molar-refractivity contribution in [1.82, 2.24) is 9.55 Å². The average Bonchev–Trinajstić information content (AvgIpc) is 2.73. The van der Waals surface area contributed by atoms with Crippen LogP contribution in [0.3, 0.4) is 0 Å². The fourth-order valence-corrected chi connectivity index (χ4v) is 1.98. The highest BCUT2D eigenvalue weighted by Gasteiger charge is 2.07. The van der Waals surface area contributed by atoms with Crippen LogP contribution in [0.2, 0.25) is 0 Å². The van der Waals surface area contributed by atoms with Crippen molar-refractivity contribution >= 4 is 11.0 Å². The van der Waals surface area contributed by atoms with Crippen molar-refractivity contribution in [2.24, 2.45) is 0 Å². The Kier molecular flexibility index (Phi) is 3.73. The van der Waals surface area contributed by atoms with E-state index in [4.69, 9.17) is 5.26 Å². The summed E-state index contributed by atoms with van der Waals surface area (Å²) in [6, 6.07) is 5.99. The van der Waals surface area contributed by atoms with Gasteiger partial charge in [0.2, 0.25) is 0 Å². The molecule has 0 aliphatic heterocycles. The largest absolute Gasteiger partial charge is 0.392 e. The van der Waals surface area contributed by atoms with Gasteiger partial charge in [0.1, 0.15) is 5.65 Å². The lowest BCUT2D eigenvalue weighted by Crippen LogP contribution is -1.97. The minimum absolute atomic E-state index is 0.0351. The van der Waals surface area contributed by atoms with Gasteiger partial charge in [-0.15, -0.1) is 0 Å². The van der Waals surface area contributed by atoms with Crippen molar-refractivity contribution in [3.63, 3.8) is 0 Å². The summed E-state index contributed by atoms with van der Waals surface area (Å²) in [6.07, 6.45) is 6.16. The van der Waals surface area contributed by atoms with E-state index in [2.05, 4.69) is 15.6 Å². The van der Waals surface area contributed by atoms with Crippen LogP contribution in [-0.2, 0) is 13.2 Å². The Labute approximate surface area is 100 Å². The fraction of sp³-hybridized carbons (Fsp3) is 0.385. The number of unbranched alkanes of at least 4 members (excludes halogenated alkanes) is 2. The summed E-state index contributed by atoms with van der Waals surface area (Å²) in [4.78, 5) is 4.34. The fourth-order valence-electron chi connectivity index (χ4n) is 1.98. The second kappa shape index (κ2) is 5.46. The van der Waals surface area contributed by atoms with E-state index < -0.39 is 0 Å². The minimum atomic E-state index is 0.0351. The summed E-state index contributed by atoms with van der Waals surface area (Å²) in [5.41, 5.74) is 1.82. The Bertz CT molecular complexity index is 539. The Morgan fingerprint density at radius 2 is 2.29 bits per heavy atom. The number of rotatable bonds is 5. The number of hydrogen-bond acceptors (Lipinski definition) is 3. The van der Waals surface area contributed by atoms with E-state index in [-0.39, 0.29) is 6.61 Å². The molecular weight excluding hydrogens is 214 g/mol. The van der Waals surface area contributed by atoms with Gasteiger partial charge in [-0.05, 0) is 25.0 Å². The summed E-state index contributed by atoms with van der Waals surface area (Å²) in [5.74, 6) is 0. The third-order valence-electron chi connectivity index (χ3n) is 2.82. The van der Waals surface area contributed by atoms with Crippen LogP contribution in [0.1, 0.15) is 24.8 Å². The van der Waals surface area contributed by atoms with E-state index in [0.717, 1.165) is 36.0 Å². The number of fused-ring (bicyclic) bond motifs is 1. The quantitative estimate of drug-likeness (QED) is 0.800. The molecule has 0 aromatic carbocycles. The van der Waals surface area contributed by atoms with Crippen LogP contribution in [0, 0.1) is 11.3 Å². The van der Waals surface area contributed by atoms with Crippen molar-refractivity contribution in [3.05, 3.63) is 30.1 Å². The highest BCUT2D eigenvalue weighted by atomic mass is 16.3. The van der Waals surface area contributed by atoms with Gasteiger partial charge >= 0.3 is 0 Å². The predicted molar refractivity (Wildman–Crippen MR) is 65.1 cm³/mol. The van der Waals surface area contributed by atoms with Crippen LogP contribution < -0.4 is 0 Å². The molecule has 0 saturated carbocycles. The van der Waals surface area contributed by atoms with Gasteiger partial charge in [-0.2, -0.15) is 5.26 Å². The Hall–Kier alpha value is -1.86. The molecule has 88 valence electrons. The van der Waals surface area contributed by atoms with Gasteiger partial charge < -0.3 is 9.67 Å². The van der Waals surface area contributed by atoms with Gasteiger partial charge in [0.15, 0.2) is 0 Å². The molecule has 0 amide bonds. The Morgan fingerprint density at radius 3 is 3.06 bits per heavy atom. The van der Waals surface area contributed by atoms with Crippen LogP contribution in [0.15, 0.2) is 24.5 Å². The summed E-state index contributed by atoms with van der Waals surface area (Å²) < 4.78 is 2.05. The molecule has 2 aromatic rings. The molecule has 0 fully saturated rings. The van der Waals surface area contributed by atoms with E-state index in [9.17, 15) is 5.11 Å². The lowest BCUT2D eigenvalue weighted by Gasteiger charge is -2.02. The van der Waals surface area contributed by atoms with E-state index in [1.165, 1.54) is 0 Å². The van der Waals surface area contributed by atoms with E-state index in [1.54, 1.807) is 6.20 Å². The third-order valence-corrected chi connectivity index (χ3v) is 2.82. The first kappa shape index (κ1) is 11.6. The number of aliphatic hydroxyl groups excluding tert-OH is 1. The molecule has 4 nitrogen and oxygen atoms in total. The highest BCUT2D eigenvalue weighted by Crippen LogP contribution is 2.19. The summed E-state index contributed by atoms with van der Waals surface area (Å²) in [7, 11) is 0. The molecule has 17 heavy (non-hydrogen) atoms. The van der Waals surface area contributed by atoms with Crippen molar-refractivity contribution in [2.45, 2.75) is 32.4 Å². The molecular formula is C13H15N3O. The maximum atomic E-state index is 9.27. The van der Waals surface area contributed by atoms with Crippen LogP contribution in [0.25, 0.3) is 11.0 Å². The van der Waals surface area contributed by atoms with E-state index in [1.807, 2.05) is 18.3 Å². The molecule has 2 rings (SSSR count). The number of hydrogen-bond donors (Lipinski definition) is 1. The van der Waals surface area contributed by atoms with Gasteiger partial charge in [0.25, 0.3) is 0 Å². The molecule has 2 heterocycles. The number of pyridine rings is 1. The van der Waals surface area contributed by atoms with Crippen molar-refractivity contribution < 1.29 is 5.11 Å².